The molecule has 3 heteroatoms. The minimum Gasteiger partial charge on any atom is -0.362 e. The van der Waals surface area contributed by atoms with Gasteiger partial charge >= 0.3 is 0 Å². The Bertz CT molecular complexity index is 636. The zero-order valence-corrected chi connectivity index (χ0v) is 13.2. The van der Waals surface area contributed by atoms with Crippen molar-refractivity contribution < 1.29 is 4.79 Å². The van der Waals surface area contributed by atoms with Gasteiger partial charge < -0.3 is 9.80 Å². The number of benzene rings is 2. The van der Waals surface area contributed by atoms with Gasteiger partial charge in [-0.15, -0.1) is 0 Å². The van der Waals surface area contributed by atoms with E-state index in [2.05, 4.69) is 59.3 Å². The molecular weight excluding hydrogens is 272 g/mol. The molecule has 0 saturated carbocycles. The van der Waals surface area contributed by atoms with E-state index in [9.17, 15) is 4.79 Å². The molecule has 0 spiro atoms. The van der Waals surface area contributed by atoms with Crippen LogP contribution < -0.4 is 4.90 Å². The summed E-state index contributed by atoms with van der Waals surface area (Å²) in [6, 6.07) is 19.0. The fourth-order valence-corrected chi connectivity index (χ4v) is 3.08. The molecule has 3 nitrogen and oxygen atoms in total. The highest BCUT2D eigenvalue weighted by molar-refractivity contribution is 5.94. The quantitative estimate of drug-likeness (QED) is 0.811. The van der Waals surface area contributed by atoms with Crippen molar-refractivity contribution in [3.8, 4) is 0 Å². The summed E-state index contributed by atoms with van der Waals surface area (Å²) in [7, 11) is 2.17. The first kappa shape index (κ1) is 14.8. The number of Topliss-reactive ketones (excluding diaryl/α,β-unsaturated/α-hetero) is 1. The highest BCUT2D eigenvalue weighted by atomic mass is 16.1. The van der Waals surface area contributed by atoms with E-state index in [0.29, 0.717) is 6.04 Å². The minimum absolute atomic E-state index is 0.115. The fraction of sp³-hybridized carbons (Fsp3) is 0.316. The molecular formula is C19H22N2O. The SMILES string of the molecule is CC(=O)c1ccc(N2CCN(C)CC2c2ccccc2)cc1. The van der Waals surface area contributed by atoms with Crippen LogP contribution in [0.5, 0.6) is 0 Å². The van der Waals surface area contributed by atoms with Crippen LogP contribution in [0.15, 0.2) is 54.6 Å². The standard InChI is InChI=1S/C19H22N2O/c1-15(22)16-8-10-18(11-9-16)21-13-12-20(2)14-19(21)17-6-4-3-5-7-17/h3-11,19H,12-14H2,1-2H3. The third-order valence-corrected chi connectivity index (χ3v) is 4.37. The summed E-state index contributed by atoms with van der Waals surface area (Å²) >= 11 is 0. The van der Waals surface area contributed by atoms with Crippen LogP contribution in [0.1, 0.15) is 28.9 Å². The molecule has 0 N–H and O–H groups in total. The van der Waals surface area contributed by atoms with Crippen LogP contribution in [0, 0.1) is 0 Å². The van der Waals surface area contributed by atoms with Crippen molar-refractivity contribution in [1.82, 2.24) is 4.90 Å². The predicted molar refractivity (Wildman–Crippen MR) is 90.5 cm³/mol. The highest BCUT2D eigenvalue weighted by Gasteiger charge is 2.26. The van der Waals surface area contributed by atoms with E-state index in [1.54, 1.807) is 6.92 Å². The molecule has 1 aliphatic heterocycles. The van der Waals surface area contributed by atoms with E-state index < -0.39 is 0 Å². The highest BCUT2D eigenvalue weighted by Crippen LogP contribution is 2.30. The Morgan fingerprint density at radius 1 is 1.00 bits per heavy atom. The lowest BCUT2D eigenvalue weighted by atomic mass is 10.0. The van der Waals surface area contributed by atoms with Crippen LogP contribution >= 0.6 is 0 Å². The molecule has 22 heavy (non-hydrogen) atoms. The predicted octanol–water partition coefficient (Wildman–Crippen LogP) is 3.38. The molecule has 114 valence electrons. The molecule has 0 aliphatic carbocycles. The maximum atomic E-state index is 11.4. The van der Waals surface area contributed by atoms with Crippen LogP contribution in [0.3, 0.4) is 0 Å². The second-order valence-corrected chi connectivity index (χ2v) is 5.99. The van der Waals surface area contributed by atoms with Crippen LogP contribution in [0.2, 0.25) is 0 Å². The Kier molecular flexibility index (Phi) is 4.25. The number of carbonyl (C=O) groups is 1. The van der Waals surface area contributed by atoms with Crippen LogP contribution in [-0.4, -0.2) is 37.4 Å². The van der Waals surface area contributed by atoms with Gasteiger partial charge in [-0.1, -0.05) is 30.3 Å². The number of hydrogen-bond acceptors (Lipinski definition) is 3. The Morgan fingerprint density at radius 2 is 1.68 bits per heavy atom. The second kappa shape index (κ2) is 6.32. The summed E-state index contributed by atoms with van der Waals surface area (Å²) in [6.45, 7) is 4.67. The number of likely N-dealkylation sites (N-methyl/N-ethyl adjacent to an activating group) is 1. The first-order valence-electron chi connectivity index (χ1n) is 7.76. The van der Waals surface area contributed by atoms with Gasteiger partial charge in [-0.3, -0.25) is 4.79 Å². The van der Waals surface area contributed by atoms with Gasteiger partial charge in [0.1, 0.15) is 0 Å². The summed E-state index contributed by atoms with van der Waals surface area (Å²) < 4.78 is 0. The van der Waals surface area contributed by atoms with E-state index in [0.717, 1.165) is 25.2 Å². The number of carbonyl (C=O) groups excluding carboxylic acids is 1. The Labute approximate surface area is 132 Å². The van der Waals surface area contributed by atoms with E-state index in [1.807, 2.05) is 12.1 Å². The number of ketones is 1. The van der Waals surface area contributed by atoms with Gasteiger partial charge in [0.25, 0.3) is 0 Å². The van der Waals surface area contributed by atoms with Crippen molar-refractivity contribution in [2.45, 2.75) is 13.0 Å². The van der Waals surface area contributed by atoms with Crippen LogP contribution in [0.4, 0.5) is 5.69 Å². The summed E-state index contributed by atoms with van der Waals surface area (Å²) in [5.41, 5.74) is 3.30. The first-order valence-corrected chi connectivity index (χ1v) is 7.76. The summed E-state index contributed by atoms with van der Waals surface area (Å²) in [6.07, 6.45) is 0. The number of rotatable bonds is 3. The van der Waals surface area contributed by atoms with Crippen molar-refractivity contribution >= 4 is 11.5 Å². The normalized spacial score (nSPS) is 19.2. The molecule has 1 atom stereocenters. The number of piperazine rings is 1. The molecule has 1 aliphatic rings. The van der Waals surface area contributed by atoms with Gasteiger partial charge in [-0.05, 0) is 43.8 Å². The zero-order chi connectivity index (χ0) is 15.5. The molecule has 2 aromatic carbocycles. The van der Waals surface area contributed by atoms with Crippen LogP contribution in [0.25, 0.3) is 0 Å². The minimum atomic E-state index is 0.115. The van der Waals surface area contributed by atoms with Crippen molar-refractivity contribution in [2.75, 3.05) is 31.6 Å². The third kappa shape index (κ3) is 3.04. The van der Waals surface area contributed by atoms with Crippen molar-refractivity contribution in [3.63, 3.8) is 0 Å². The van der Waals surface area contributed by atoms with Gasteiger partial charge in [0.05, 0.1) is 6.04 Å². The zero-order valence-electron chi connectivity index (χ0n) is 13.2. The lowest BCUT2D eigenvalue weighted by molar-refractivity contribution is 0.101. The molecule has 0 aromatic heterocycles. The molecule has 1 unspecified atom stereocenters. The maximum Gasteiger partial charge on any atom is 0.159 e. The monoisotopic (exact) mass is 294 g/mol. The maximum absolute atomic E-state index is 11.4. The fourth-order valence-electron chi connectivity index (χ4n) is 3.08. The van der Waals surface area contributed by atoms with Gasteiger partial charge in [0, 0.05) is 30.9 Å². The number of nitrogens with zero attached hydrogens (tertiary/aromatic N) is 2. The van der Waals surface area contributed by atoms with Crippen molar-refractivity contribution in [2.24, 2.45) is 0 Å². The lowest BCUT2D eigenvalue weighted by Gasteiger charge is -2.42. The van der Waals surface area contributed by atoms with Gasteiger partial charge in [0.15, 0.2) is 5.78 Å². The molecule has 2 aromatic rings. The van der Waals surface area contributed by atoms with Gasteiger partial charge in [-0.2, -0.15) is 0 Å². The second-order valence-electron chi connectivity index (χ2n) is 5.99. The first-order chi connectivity index (χ1) is 10.6. The molecule has 0 amide bonds. The molecule has 1 saturated heterocycles. The van der Waals surface area contributed by atoms with E-state index in [-0.39, 0.29) is 5.78 Å². The third-order valence-electron chi connectivity index (χ3n) is 4.37. The van der Waals surface area contributed by atoms with Crippen molar-refractivity contribution in [1.29, 1.82) is 0 Å². The van der Waals surface area contributed by atoms with Gasteiger partial charge in [0.2, 0.25) is 0 Å². The summed E-state index contributed by atoms with van der Waals surface area (Å²) in [5.74, 6) is 0.115. The molecule has 1 heterocycles. The van der Waals surface area contributed by atoms with Gasteiger partial charge in [-0.25, -0.2) is 0 Å². The van der Waals surface area contributed by atoms with Crippen LogP contribution in [-0.2, 0) is 0 Å². The lowest BCUT2D eigenvalue weighted by Crippen LogP contribution is -2.46. The Hall–Kier alpha value is -2.13. The summed E-state index contributed by atoms with van der Waals surface area (Å²) in [4.78, 5) is 16.3. The number of anilines is 1. The van der Waals surface area contributed by atoms with E-state index >= 15 is 0 Å². The Balaban J connectivity index is 1.90. The smallest absolute Gasteiger partial charge is 0.159 e. The van der Waals surface area contributed by atoms with E-state index in [4.69, 9.17) is 0 Å². The molecule has 0 radical (unpaired) electrons. The summed E-state index contributed by atoms with van der Waals surface area (Å²) in [5, 5.41) is 0. The largest absolute Gasteiger partial charge is 0.362 e. The average molecular weight is 294 g/mol. The van der Waals surface area contributed by atoms with Crippen molar-refractivity contribution in [3.05, 3.63) is 65.7 Å². The molecule has 1 fully saturated rings. The molecule has 0 bridgehead atoms. The van der Waals surface area contributed by atoms with E-state index in [1.165, 1.54) is 11.3 Å². The average Bonchev–Trinajstić information content (AvgIpc) is 2.56. The Morgan fingerprint density at radius 3 is 2.32 bits per heavy atom. The molecule has 3 rings (SSSR count). The topological polar surface area (TPSA) is 23.6 Å². The number of hydrogen-bond donors (Lipinski definition) is 0.